The van der Waals surface area contributed by atoms with E-state index in [1.807, 2.05) is 0 Å². The van der Waals surface area contributed by atoms with Crippen molar-refractivity contribution in [3.05, 3.63) is 0 Å². The zero-order valence-corrected chi connectivity index (χ0v) is 11.7. The van der Waals surface area contributed by atoms with Gasteiger partial charge in [0, 0.05) is 64.9 Å². The maximum Gasteiger partial charge on any atom is 0.0195 e. The van der Waals surface area contributed by atoms with E-state index in [1.165, 1.54) is 58.9 Å². The number of hydrogen-bond acceptors (Lipinski definition) is 4. The van der Waals surface area contributed by atoms with E-state index >= 15 is 0 Å². The number of fused-ring (bicyclic) bond motifs is 3. The molecular weight excluding hydrogens is 212 g/mol. The summed E-state index contributed by atoms with van der Waals surface area (Å²) in [5.41, 5.74) is 0. The molecule has 0 amide bonds. The average molecular weight is 240 g/mol. The first-order chi connectivity index (χ1) is 8.15. The second-order valence-electron chi connectivity index (χ2n) is 5.79. The summed E-state index contributed by atoms with van der Waals surface area (Å²) in [6.07, 6.45) is 0. The Morgan fingerprint density at radius 1 is 0.706 bits per heavy atom. The molecule has 0 aromatic heterocycles. The zero-order valence-electron chi connectivity index (χ0n) is 11.7. The van der Waals surface area contributed by atoms with E-state index in [1.54, 1.807) is 0 Å². The quantitative estimate of drug-likeness (QED) is 0.585. The first-order valence-corrected chi connectivity index (χ1v) is 6.98. The van der Waals surface area contributed by atoms with Crippen LogP contribution in [0.15, 0.2) is 0 Å². The molecule has 2 rings (SSSR count). The Balaban J connectivity index is 2.07. The molecule has 2 fully saturated rings. The summed E-state index contributed by atoms with van der Waals surface area (Å²) in [4.78, 5) is 10.3. The normalized spacial score (nSPS) is 38.6. The molecule has 0 unspecified atom stereocenters. The van der Waals surface area contributed by atoms with E-state index in [2.05, 4.69) is 40.6 Å². The predicted molar refractivity (Wildman–Crippen MR) is 72.5 cm³/mol. The van der Waals surface area contributed by atoms with Crippen molar-refractivity contribution in [2.45, 2.75) is 13.0 Å². The van der Waals surface area contributed by atoms with Crippen LogP contribution < -0.4 is 0 Å². The van der Waals surface area contributed by atoms with Gasteiger partial charge in [-0.25, -0.2) is 0 Å². The summed E-state index contributed by atoms with van der Waals surface area (Å²) < 4.78 is 0. The van der Waals surface area contributed by atoms with Crippen LogP contribution in [0.4, 0.5) is 0 Å². The lowest BCUT2D eigenvalue weighted by Crippen LogP contribution is -2.43. The third-order valence-electron chi connectivity index (χ3n) is 4.28. The highest BCUT2D eigenvalue weighted by molar-refractivity contribution is 4.79. The van der Waals surface area contributed by atoms with Gasteiger partial charge in [0.1, 0.15) is 0 Å². The van der Waals surface area contributed by atoms with Gasteiger partial charge in [-0.1, -0.05) is 0 Å². The van der Waals surface area contributed by atoms with E-state index in [0.29, 0.717) is 6.04 Å². The Hall–Kier alpha value is -0.160. The highest BCUT2D eigenvalue weighted by Crippen LogP contribution is 2.08. The molecule has 2 aliphatic heterocycles. The van der Waals surface area contributed by atoms with Crippen LogP contribution in [0.1, 0.15) is 6.92 Å². The molecule has 100 valence electrons. The maximum atomic E-state index is 2.66. The molecule has 0 saturated carbocycles. The maximum absolute atomic E-state index is 2.66. The van der Waals surface area contributed by atoms with Crippen molar-refractivity contribution in [3.63, 3.8) is 0 Å². The first-order valence-electron chi connectivity index (χ1n) is 6.98. The largest absolute Gasteiger partial charge is 0.304 e. The lowest BCUT2D eigenvalue weighted by Gasteiger charge is -2.30. The molecule has 2 saturated heterocycles. The SMILES string of the molecule is C[C@@H]1CN2CCN(C)CCN1CCN(C)CC2. The Kier molecular flexibility index (Phi) is 4.79. The molecule has 1 atom stereocenters. The van der Waals surface area contributed by atoms with Gasteiger partial charge in [0.15, 0.2) is 0 Å². The minimum atomic E-state index is 0.702. The van der Waals surface area contributed by atoms with Crippen LogP contribution in [0, 0.1) is 0 Å². The highest BCUT2D eigenvalue weighted by Gasteiger charge is 2.22. The standard InChI is InChI=1S/C13H28N4/c1-13-12-16-8-4-14(2)6-10-17(13)11-7-15(3)5-9-16/h13H,4-12H2,1-3H3/t13-/m1/s1. The lowest BCUT2D eigenvalue weighted by atomic mass is 10.2. The summed E-state index contributed by atoms with van der Waals surface area (Å²) in [6, 6.07) is 0.702. The predicted octanol–water partition coefficient (Wildman–Crippen LogP) is -0.130. The zero-order chi connectivity index (χ0) is 12.3. The molecule has 4 heteroatoms. The summed E-state index contributed by atoms with van der Waals surface area (Å²) in [5.74, 6) is 0. The monoisotopic (exact) mass is 240 g/mol. The van der Waals surface area contributed by atoms with Crippen molar-refractivity contribution in [3.8, 4) is 0 Å². The van der Waals surface area contributed by atoms with Crippen LogP contribution in [0.25, 0.3) is 0 Å². The van der Waals surface area contributed by atoms with Crippen LogP contribution in [0.5, 0.6) is 0 Å². The van der Waals surface area contributed by atoms with Crippen LogP contribution in [0.3, 0.4) is 0 Å². The Bertz CT molecular complexity index is 215. The van der Waals surface area contributed by atoms with E-state index in [9.17, 15) is 0 Å². The van der Waals surface area contributed by atoms with Gasteiger partial charge in [0.05, 0.1) is 0 Å². The van der Waals surface area contributed by atoms with Crippen molar-refractivity contribution in [2.75, 3.05) is 73.0 Å². The van der Waals surface area contributed by atoms with Gasteiger partial charge in [0.25, 0.3) is 0 Å². The molecule has 0 aliphatic carbocycles. The van der Waals surface area contributed by atoms with Crippen molar-refractivity contribution in [1.82, 2.24) is 19.6 Å². The molecule has 0 spiro atoms. The molecule has 0 N–H and O–H groups in total. The van der Waals surface area contributed by atoms with Crippen LogP contribution in [-0.4, -0.2) is 98.6 Å². The minimum absolute atomic E-state index is 0.702. The van der Waals surface area contributed by atoms with Crippen LogP contribution in [0.2, 0.25) is 0 Å². The van der Waals surface area contributed by atoms with Crippen molar-refractivity contribution in [2.24, 2.45) is 0 Å². The second-order valence-corrected chi connectivity index (χ2v) is 5.79. The number of rotatable bonds is 0. The topological polar surface area (TPSA) is 13.0 Å². The van der Waals surface area contributed by atoms with Crippen LogP contribution >= 0.6 is 0 Å². The van der Waals surface area contributed by atoms with Gasteiger partial charge >= 0.3 is 0 Å². The second kappa shape index (κ2) is 6.14. The fraction of sp³-hybridized carbons (Fsp3) is 1.00. The molecule has 2 bridgehead atoms. The number of nitrogens with zero attached hydrogens (tertiary/aromatic N) is 4. The lowest BCUT2D eigenvalue weighted by molar-refractivity contribution is 0.169. The van der Waals surface area contributed by atoms with E-state index in [4.69, 9.17) is 0 Å². The van der Waals surface area contributed by atoms with Crippen molar-refractivity contribution >= 4 is 0 Å². The van der Waals surface area contributed by atoms with Crippen molar-refractivity contribution in [1.29, 1.82) is 0 Å². The van der Waals surface area contributed by atoms with E-state index in [0.717, 1.165) is 0 Å². The van der Waals surface area contributed by atoms with Gasteiger partial charge in [-0.3, -0.25) is 9.80 Å². The number of hydrogen-bond donors (Lipinski definition) is 0. The van der Waals surface area contributed by atoms with E-state index in [-0.39, 0.29) is 0 Å². The Labute approximate surface area is 106 Å². The molecule has 17 heavy (non-hydrogen) atoms. The summed E-state index contributed by atoms with van der Waals surface area (Å²) in [6.45, 7) is 13.4. The average Bonchev–Trinajstić information content (AvgIpc) is 2.40. The Morgan fingerprint density at radius 2 is 1.18 bits per heavy atom. The molecule has 0 aromatic rings. The van der Waals surface area contributed by atoms with Crippen LogP contribution in [-0.2, 0) is 0 Å². The molecular formula is C13H28N4. The molecule has 4 nitrogen and oxygen atoms in total. The smallest absolute Gasteiger partial charge is 0.0195 e. The van der Waals surface area contributed by atoms with Gasteiger partial charge in [-0.15, -0.1) is 0 Å². The van der Waals surface area contributed by atoms with Gasteiger partial charge in [-0.05, 0) is 21.0 Å². The molecule has 0 aromatic carbocycles. The Morgan fingerprint density at radius 3 is 1.71 bits per heavy atom. The number of likely N-dealkylation sites (N-methyl/N-ethyl adjacent to an activating group) is 2. The highest BCUT2D eigenvalue weighted by atomic mass is 15.3. The van der Waals surface area contributed by atoms with Crippen molar-refractivity contribution < 1.29 is 0 Å². The van der Waals surface area contributed by atoms with E-state index < -0.39 is 0 Å². The third-order valence-corrected chi connectivity index (χ3v) is 4.28. The summed E-state index contributed by atoms with van der Waals surface area (Å²) in [7, 11) is 4.51. The summed E-state index contributed by atoms with van der Waals surface area (Å²) in [5, 5.41) is 0. The van der Waals surface area contributed by atoms with Gasteiger partial charge < -0.3 is 9.80 Å². The third kappa shape index (κ3) is 3.91. The molecule has 2 heterocycles. The fourth-order valence-electron chi connectivity index (χ4n) is 2.78. The molecule has 2 aliphatic rings. The fourth-order valence-corrected chi connectivity index (χ4v) is 2.78. The molecule has 0 radical (unpaired) electrons. The minimum Gasteiger partial charge on any atom is -0.304 e. The van der Waals surface area contributed by atoms with Gasteiger partial charge in [-0.2, -0.15) is 0 Å². The first kappa shape index (κ1) is 13.3. The summed E-state index contributed by atoms with van der Waals surface area (Å²) >= 11 is 0. The van der Waals surface area contributed by atoms with Gasteiger partial charge in [0.2, 0.25) is 0 Å².